The molecule has 28 heavy (non-hydrogen) atoms. The van der Waals surface area contributed by atoms with E-state index in [1.54, 1.807) is 32.4 Å². The fourth-order valence-corrected chi connectivity index (χ4v) is 3.48. The first-order chi connectivity index (χ1) is 13.5. The lowest BCUT2D eigenvalue weighted by atomic mass is 10.1. The van der Waals surface area contributed by atoms with Gasteiger partial charge in [-0.1, -0.05) is 17.7 Å². The van der Waals surface area contributed by atoms with Gasteiger partial charge in [-0.2, -0.15) is 0 Å². The van der Waals surface area contributed by atoms with Crippen LogP contribution in [0.1, 0.15) is 11.1 Å². The van der Waals surface area contributed by atoms with Gasteiger partial charge in [-0.3, -0.25) is 4.79 Å². The number of hydrogen-bond donors (Lipinski definition) is 0. The molecular formula is C22H25ClN2O3. The highest BCUT2D eigenvalue weighted by Gasteiger charge is 2.21. The number of hydrogen-bond acceptors (Lipinski definition) is 4. The van der Waals surface area contributed by atoms with Gasteiger partial charge in [0.25, 0.3) is 0 Å². The molecule has 1 fully saturated rings. The molecule has 3 rings (SSSR count). The lowest BCUT2D eigenvalue weighted by Gasteiger charge is -2.36. The second kappa shape index (κ2) is 9.02. The highest BCUT2D eigenvalue weighted by Crippen LogP contribution is 2.27. The number of benzene rings is 2. The summed E-state index contributed by atoms with van der Waals surface area (Å²) in [5.74, 6) is 1.39. The number of methoxy groups -OCH3 is 2. The van der Waals surface area contributed by atoms with Gasteiger partial charge in [0.1, 0.15) is 11.5 Å². The summed E-state index contributed by atoms with van der Waals surface area (Å²) >= 11 is 6.14. The largest absolute Gasteiger partial charge is 0.497 e. The molecule has 0 radical (unpaired) electrons. The van der Waals surface area contributed by atoms with Gasteiger partial charge in [0.15, 0.2) is 0 Å². The Bertz CT molecular complexity index is 874. The zero-order valence-corrected chi connectivity index (χ0v) is 17.2. The number of anilines is 1. The van der Waals surface area contributed by atoms with Gasteiger partial charge in [-0.25, -0.2) is 0 Å². The van der Waals surface area contributed by atoms with E-state index in [0.717, 1.165) is 29.4 Å². The molecule has 2 aromatic rings. The SMILES string of the molecule is COc1ccc(/C=C/C(=O)N2CCN(c3cc(Cl)ccc3C)CC2)c(OC)c1. The van der Waals surface area contributed by atoms with Crippen molar-refractivity contribution >= 4 is 29.3 Å². The van der Waals surface area contributed by atoms with Crippen molar-refractivity contribution in [3.63, 3.8) is 0 Å². The molecular weight excluding hydrogens is 376 g/mol. The highest BCUT2D eigenvalue weighted by atomic mass is 35.5. The molecule has 0 aromatic heterocycles. The van der Waals surface area contributed by atoms with Crippen molar-refractivity contribution in [3.8, 4) is 11.5 Å². The quantitative estimate of drug-likeness (QED) is 0.711. The van der Waals surface area contributed by atoms with Crippen LogP contribution in [0.25, 0.3) is 6.08 Å². The standard InChI is InChI=1S/C22H25ClN2O3/c1-16-4-7-18(23)14-20(16)24-10-12-25(13-11-24)22(26)9-6-17-5-8-19(27-2)15-21(17)28-3/h4-9,14-15H,10-13H2,1-3H3/b9-6+. The molecule has 0 unspecified atom stereocenters. The summed E-state index contributed by atoms with van der Waals surface area (Å²) in [7, 11) is 3.21. The third-order valence-electron chi connectivity index (χ3n) is 4.95. The van der Waals surface area contributed by atoms with Gasteiger partial charge in [-0.15, -0.1) is 0 Å². The van der Waals surface area contributed by atoms with Gasteiger partial charge in [-0.05, 0) is 42.8 Å². The molecule has 1 saturated heterocycles. The van der Waals surface area contributed by atoms with Gasteiger partial charge >= 0.3 is 0 Å². The summed E-state index contributed by atoms with van der Waals surface area (Å²) in [6, 6.07) is 11.4. The third kappa shape index (κ3) is 4.60. The van der Waals surface area contributed by atoms with E-state index in [-0.39, 0.29) is 5.91 Å². The molecule has 0 aliphatic carbocycles. The topological polar surface area (TPSA) is 42.0 Å². The van der Waals surface area contributed by atoms with E-state index in [1.807, 2.05) is 35.2 Å². The van der Waals surface area contributed by atoms with Crippen molar-refractivity contribution in [2.24, 2.45) is 0 Å². The maximum Gasteiger partial charge on any atom is 0.246 e. The summed E-state index contributed by atoms with van der Waals surface area (Å²) in [5, 5.41) is 0.732. The first-order valence-electron chi connectivity index (χ1n) is 9.22. The molecule has 0 spiro atoms. The number of halogens is 1. The van der Waals surface area contributed by atoms with Crippen LogP contribution in [0, 0.1) is 6.92 Å². The van der Waals surface area contributed by atoms with E-state index in [4.69, 9.17) is 21.1 Å². The Morgan fingerprint density at radius 3 is 2.46 bits per heavy atom. The highest BCUT2D eigenvalue weighted by molar-refractivity contribution is 6.30. The summed E-state index contributed by atoms with van der Waals surface area (Å²) in [5.41, 5.74) is 3.17. The van der Waals surface area contributed by atoms with Crippen molar-refractivity contribution in [3.05, 3.63) is 58.6 Å². The molecule has 2 aromatic carbocycles. The van der Waals surface area contributed by atoms with Crippen molar-refractivity contribution in [2.75, 3.05) is 45.3 Å². The first kappa shape index (κ1) is 20.1. The molecule has 5 nitrogen and oxygen atoms in total. The molecule has 6 heteroatoms. The van der Waals surface area contributed by atoms with Crippen molar-refractivity contribution < 1.29 is 14.3 Å². The Morgan fingerprint density at radius 1 is 1.04 bits per heavy atom. The molecule has 1 aliphatic rings. The van der Waals surface area contributed by atoms with Crippen LogP contribution in [0.2, 0.25) is 5.02 Å². The van der Waals surface area contributed by atoms with Crippen LogP contribution in [0.3, 0.4) is 0 Å². The zero-order chi connectivity index (χ0) is 20.1. The van der Waals surface area contributed by atoms with Crippen LogP contribution in [0.5, 0.6) is 11.5 Å². The summed E-state index contributed by atoms with van der Waals surface area (Å²) < 4.78 is 10.6. The lowest BCUT2D eigenvalue weighted by Crippen LogP contribution is -2.48. The van der Waals surface area contributed by atoms with Gasteiger partial charge in [0, 0.05) is 54.6 Å². The Morgan fingerprint density at radius 2 is 1.79 bits per heavy atom. The number of carbonyl (C=O) groups excluding carboxylic acids is 1. The van der Waals surface area contributed by atoms with Crippen LogP contribution < -0.4 is 14.4 Å². The Balaban J connectivity index is 1.62. The number of piperazine rings is 1. The molecule has 0 N–H and O–H groups in total. The van der Waals surface area contributed by atoms with Crippen LogP contribution in [0.15, 0.2) is 42.5 Å². The molecule has 1 heterocycles. The predicted molar refractivity (Wildman–Crippen MR) is 114 cm³/mol. The molecule has 1 amide bonds. The number of carbonyl (C=O) groups is 1. The van der Waals surface area contributed by atoms with Crippen LogP contribution in [-0.4, -0.2) is 51.2 Å². The predicted octanol–water partition coefficient (Wildman–Crippen LogP) is 4.03. The number of amides is 1. The maximum absolute atomic E-state index is 12.6. The Labute approximate surface area is 171 Å². The molecule has 0 atom stereocenters. The van der Waals surface area contributed by atoms with E-state index >= 15 is 0 Å². The first-order valence-corrected chi connectivity index (χ1v) is 9.59. The Kier molecular flexibility index (Phi) is 6.47. The fourth-order valence-electron chi connectivity index (χ4n) is 3.31. The van der Waals surface area contributed by atoms with E-state index < -0.39 is 0 Å². The van der Waals surface area contributed by atoms with E-state index in [1.165, 1.54) is 5.56 Å². The summed E-state index contributed by atoms with van der Waals surface area (Å²) in [6.45, 7) is 5.00. The minimum Gasteiger partial charge on any atom is -0.497 e. The number of nitrogens with zero attached hydrogens (tertiary/aromatic N) is 2. The molecule has 0 saturated carbocycles. The van der Waals surface area contributed by atoms with Crippen molar-refractivity contribution in [1.82, 2.24) is 4.90 Å². The number of aryl methyl sites for hydroxylation is 1. The second-order valence-electron chi connectivity index (χ2n) is 6.68. The van der Waals surface area contributed by atoms with Gasteiger partial charge < -0.3 is 19.3 Å². The zero-order valence-electron chi connectivity index (χ0n) is 16.4. The average Bonchev–Trinajstić information content (AvgIpc) is 2.73. The molecule has 0 bridgehead atoms. The van der Waals surface area contributed by atoms with Crippen LogP contribution in [0.4, 0.5) is 5.69 Å². The lowest BCUT2D eigenvalue weighted by molar-refractivity contribution is -0.126. The second-order valence-corrected chi connectivity index (χ2v) is 7.12. The number of ether oxygens (including phenoxy) is 2. The maximum atomic E-state index is 12.6. The van der Waals surface area contributed by atoms with Crippen molar-refractivity contribution in [2.45, 2.75) is 6.92 Å². The summed E-state index contributed by atoms with van der Waals surface area (Å²) in [4.78, 5) is 16.7. The third-order valence-corrected chi connectivity index (χ3v) is 5.18. The minimum absolute atomic E-state index is 0.000312. The van der Waals surface area contributed by atoms with E-state index in [2.05, 4.69) is 11.8 Å². The van der Waals surface area contributed by atoms with Crippen LogP contribution >= 0.6 is 11.6 Å². The fraction of sp³-hybridized carbons (Fsp3) is 0.318. The monoisotopic (exact) mass is 400 g/mol. The van der Waals surface area contributed by atoms with E-state index in [9.17, 15) is 4.79 Å². The minimum atomic E-state index is 0.000312. The van der Waals surface area contributed by atoms with Gasteiger partial charge in [0.05, 0.1) is 14.2 Å². The number of rotatable bonds is 5. The van der Waals surface area contributed by atoms with Crippen LogP contribution in [-0.2, 0) is 4.79 Å². The van der Waals surface area contributed by atoms with E-state index in [0.29, 0.717) is 24.6 Å². The Hall–Kier alpha value is -2.66. The normalized spacial score (nSPS) is 14.4. The average molecular weight is 401 g/mol. The molecule has 148 valence electrons. The molecule has 1 aliphatic heterocycles. The van der Waals surface area contributed by atoms with Gasteiger partial charge in [0.2, 0.25) is 5.91 Å². The smallest absolute Gasteiger partial charge is 0.246 e. The van der Waals surface area contributed by atoms with Crippen molar-refractivity contribution in [1.29, 1.82) is 0 Å². The summed E-state index contributed by atoms with van der Waals surface area (Å²) in [6.07, 6.45) is 3.39.